The highest BCUT2D eigenvalue weighted by atomic mass is 16.5. The van der Waals surface area contributed by atoms with E-state index < -0.39 is 12.2 Å². The highest BCUT2D eigenvalue weighted by Gasteiger charge is 2.33. The third kappa shape index (κ3) is 3.30. The summed E-state index contributed by atoms with van der Waals surface area (Å²) in [4.78, 5) is 25.4. The van der Waals surface area contributed by atoms with Crippen LogP contribution in [0.15, 0.2) is 41.0 Å². The zero-order chi connectivity index (χ0) is 18.1. The molecule has 136 valence electrons. The molecule has 4 rings (SSSR count). The second kappa shape index (κ2) is 6.84. The van der Waals surface area contributed by atoms with Gasteiger partial charge in [0.25, 0.3) is 5.91 Å². The van der Waals surface area contributed by atoms with Crippen molar-refractivity contribution in [1.29, 1.82) is 0 Å². The van der Waals surface area contributed by atoms with Gasteiger partial charge in [-0.3, -0.25) is 9.59 Å². The summed E-state index contributed by atoms with van der Waals surface area (Å²) in [5.74, 6) is 0.631. The Hall–Kier alpha value is -2.80. The number of rotatable bonds is 3. The molecule has 2 N–H and O–H groups in total. The number of carbonyl (C=O) groups excluding carboxylic acids is 2. The molecule has 0 bridgehead atoms. The first-order chi connectivity index (χ1) is 12.6. The lowest BCUT2D eigenvalue weighted by atomic mass is 10.0. The lowest BCUT2D eigenvalue weighted by Crippen LogP contribution is -2.50. The van der Waals surface area contributed by atoms with Gasteiger partial charge < -0.3 is 24.5 Å². The van der Waals surface area contributed by atoms with Gasteiger partial charge in [0.1, 0.15) is 18.0 Å². The first kappa shape index (κ1) is 16.7. The molecule has 7 nitrogen and oxygen atoms in total. The van der Waals surface area contributed by atoms with Crippen LogP contribution in [0.25, 0.3) is 0 Å². The van der Waals surface area contributed by atoms with Crippen LogP contribution in [0.3, 0.4) is 0 Å². The number of fused-ring (bicyclic) bond motifs is 1. The first-order valence-electron chi connectivity index (χ1n) is 8.70. The molecule has 2 atom stereocenters. The topological polar surface area (TPSA) is 92.0 Å². The molecule has 0 radical (unpaired) electrons. The Bertz CT molecular complexity index is 817. The minimum atomic E-state index is -0.798. The minimum Gasteiger partial charge on any atom is -0.488 e. The molecule has 1 aromatic heterocycles. The predicted octanol–water partition coefficient (Wildman–Crippen LogP) is 1.82. The van der Waals surface area contributed by atoms with Crippen molar-refractivity contribution in [3.05, 3.63) is 47.9 Å². The fourth-order valence-corrected chi connectivity index (χ4v) is 3.39. The summed E-state index contributed by atoms with van der Waals surface area (Å²) < 4.78 is 11.1. The maximum atomic E-state index is 12.3. The van der Waals surface area contributed by atoms with Crippen molar-refractivity contribution in [2.75, 3.05) is 18.4 Å². The van der Waals surface area contributed by atoms with Gasteiger partial charge in [-0.25, -0.2) is 0 Å². The van der Waals surface area contributed by atoms with Gasteiger partial charge in [0, 0.05) is 31.1 Å². The number of piperidine rings is 1. The molecule has 0 aliphatic carbocycles. The standard InChI is InChI=1S/C19H20N2O5/c22-15-11-21(19(24)17-2-1-9-25-17)8-7-16(15)26-13-5-3-12-4-6-18(23)20-14(12)10-13/h1-3,5,9-10,15-16,22H,4,6-8,11H2,(H,20,23)/t15-,16-/m1/s1. The van der Waals surface area contributed by atoms with Gasteiger partial charge in [0.05, 0.1) is 12.8 Å². The summed E-state index contributed by atoms with van der Waals surface area (Å²) in [7, 11) is 0. The predicted molar refractivity (Wildman–Crippen MR) is 93.0 cm³/mol. The SMILES string of the molecule is O=C1CCc2ccc(O[C@@H]3CCN(C(=O)c4ccco4)C[C@H]3O)cc2N1. The molecule has 1 fully saturated rings. The normalized spacial score (nSPS) is 22.5. The number of ether oxygens (including phenoxy) is 1. The number of nitrogens with zero attached hydrogens (tertiary/aromatic N) is 1. The summed E-state index contributed by atoms with van der Waals surface area (Å²) >= 11 is 0. The number of aryl methyl sites for hydroxylation is 1. The average molecular weight is 356 g/mol. The largest absolute Gasteiger partial charge is 0.488 e. The second-order valence-electron chi connectivity index (χ2n) is 6.61. The number of nitrogens with one attached hydrogen (secondary N) is 1. The van der Waals surface area contributed by atoms with Crippen LogP contribution in [-0.4, -0.2) is 47.1 Å². The van der Waals surface area contributed by atoms with E-state index in [-0.39, 0.29) is 24.1 Å². The zero-order valence-corrected chi connectivity index (χ0v) is 14.2. The van der Waals surface area contributed by atoms with Crippen molar-refractivity contribution in [2.24, 2.45) is 0 Å². The van der Waals surface area contributed by atoms with E-state index in [0.29, 0.717) is 25.1 Å². The molecule has 26 heavy (non-hydrogen) atoms. The molecular formula is C19H20N2O5. The maximum absolute atomic E-state index is 12.3. The van der Waals surface area contributed by atoms with Crippen molar-refractivity contribution >= 4 is 17.5 Å². The number of β-amino-alcohol motifs (C(OH)–C–C–N with tert-alkyl or cyclic N) is 1. The Balaban J connectivity index is 1.40. The van der Waals surface area contributed by atoms with Crippen LogP contribution in [0.2, 0.25) is 0 Å². The van der Waals surface area contributed by atoms with Crippen molar-refractivity contribution < 1.29 is 23.8 Å². The van der Waals surface area contributed by atoms with Crippen LogP contribution in [0.5, 0.6) is 5.75 Å². The van der Waals surface area contributed by atoms with Crippen LogP contribution in [0, 0.1) is 0 Å². The summed E-state index contributed by atoms with van der Waals surface area (Å²) in [6.07, 6.45) is 1.97. The Morgan fingerprint density at radius 2 is 2.19 bits per heavy atom. The molecule has 2 amide bonds. The second-order valence-corrected chi connectivity index (χ2v) is 6.61. The molecule has 0 unspecified atom stereocenters. The smallest absolute Gasteiger partial charge is 0.289 e. The van der Waals surface area contributed by atoms with Crippen molar-refractivity contribution in [1.82, 2.24) is 4.90 Å². The third-order valence-electron chi connectivity index (χ3n) is 4.80. The highest BCUT2D eigenvalue weighted by Crippen LogP contribution is 2.29. The van der Waals surface area contributed by atoms with Gasteiger partial charge in [0.15, 0.2) is 5.76 Å². The van der Waals surface area contributed by atoms with Crippen molar-refractivity contribution in [2.45, 2.75) is 31.5 Å². The van der Waals surface area contributed by atoms with Gasteiger partial charge in [-0.1, -0.05) is 6.07 Å². The Kier molecular flexibility index (Phi) is 4.38. The Labute approximate surface area is 150 Å². The zero-order valence-electron chi connectivity index (χ0n) is 14.2. The maximum Gasteiger partial charge on any atom is 0.289 e. The van der Waals surface area contributed by atoms with Crippen molar-refractivity contribution in [3.63, 3.8) is 0 Å². The lowest BCUT2D eigenvalue weighted by molar-refractivity contribution is -0.116. The van der Waals surface area contributed by atoms with Gasteiger partial charge in [-0.15, -0.1) is 0 Å². The Morgan fingerprint density at radius 1 is 1.31 bits per heavy atom. The number of likely N-dealkylation sites (tertiary alicyclic amines) is 1. The van der Waals surface area contributed by atoms with E-state index in [1.54, 1.807) is 23.1 Å². The number of aliphatic hydroxyl groups excluding tert-OH is 1. The van der Waals surface area contributed by atoms with E-state index in [4.69, 9.17) is 9.15 Å². The Morgan fingerprint density at radius 3 is 2.96 bits per heavy atom. The summed E-state index contributed by atoms with van der Waals surface area (Å²) in [6, 6.07) is 8.85. The van der Waals surface area contributed by atoms with E-state index in [2.05, 4.69) is 5.32 Å². The molecule has 1 aromatic carbocycles. The molecule has 2 aliphatic rings. The number of anilines is 1. The van der Waals surface area contributed by atoms with Crippen LogP contribution in [0.1, 0.15) is 29.0 Å². The molecule has 2 aromatic rings. The summed E-state index contributed by atoms with van der Waals surface area (Å²) in [6.45, 7) is 0.662. The highest BCUT2D eigenvalue weighted by molar-refractivity contribution is 5.94. The van der Waals surface area contributed by atoms with Crippen LogP contribution >= 0.6 is 0 Å². The van der Waals surface area contributed by atoms with Gasteiger partial charge in [-0.05, 0) is 30.2 Å². The molecule has 2 aliphatic heterocycles. The first-order valence-corrected chi connectivity index (χ1v) is 8.70. The van der Waals surface area contributed by atoms with E-state index in [9.17, 15) is 14.7 Å². The van der Waals surface area contributed by atoms with Crippen molar-refractivity contribution in [3.8, 4) is 5.75 Å². The fraction of sp³-hybridized carbons (Fsp3) is 0.368. The molecular weight excluding hydrogens is 336 g/mol. The number of amides is 2. The summed E-state index contributed by atoms with van der Waals surface area (Å²) in [5, 5.41) is 13.2. The molecule has 0 saturated carbocycles. The number of hydrogen-bond donors (Lipinski definition) is 2. The van der Waals surface area contributed by atoms with E-state index in [0.717, 1.165) is 17.7 Å². The fourth-order valence-electron chi connectivity index (χ4n) is 3.39. The molecule has 0 spiro atoms. The number of furan rings is 1. The van der Waals surface area contributed by atoms with Crippen LogP contribution in [0.4, 0.5) is 5.69 Å². The van der Waals surface area contributed by atoms with E-state index in [1.165, 1.54) is 6.26 Å². The monoisotopic (exact) mass is 356 g/mol. The quantitative estimate of drug-likeness (QED) is 0.875. The van der Waals surface area contributed by atoms with Gasteiger partial charge in [0.2, 0.25) is 5.91 Å². The average Bonchev–Trinajstić information content (AvgIpc) is 3.17. The van der Waals surface area contributed by atoms with Crippen LogP contribution < -0.4 is 10.1 Å². The molecule has 3 heterocycles. The number of benzene rings is 1. The molecule has 7 heteroatoms. The van der Waals surface area contributed by atoms with Crippen LogP contribution in [-0.2, 0) is 11.2 Å². The third-order valence-corrected chi connectivity index (χ3v) is 4.80. The molecule has 1 saturated heterocycles. The number of aliphatic hydroxyl groups is 1. The van der Waals surface area contributed by atoms with E-state index >= 15 is 0 Å². The summed E-state index contributed by atoms with van der Waals surface area (Å²) in [5.41, 5.74) is 1.84. The van der Waals surface area contributed by atoms with Gasteiger partial charge in [-0.2, -0.15) is 0 Å². The number of hydrogen-bond acceptors (Lipinski definition) is 5. The minimum absolute atomic E-state index is 0.000526. The lowest BCUT2D eigenvalue weighted by Gasteiger charge is -2.35. The number of carbonyl (C=O) groups is 2. The van der Waals surface area contributed by atoms with E-state index in [1.807, 2.05) is 12.1 Å². The van der Waals surface area contributed by atoms with Gasteiger partial charge >= 0.3 is 0 Å².